The fourth-order valence-corrected chi connectivity index (χ4v) is 2.33. The summed E-state index contributed by atoms with van der Waals surface area (Å²) in [7, 11) is -4.33. The van der Waals surface area contributed by atoms with E-state index < -0.39 is 16.4 Å². The largest absolute Gasteiger partial charge is 1.00 e. The first-order valence-corrected chi connectivity index (χ1v) is 8.08. The summed E-state index contributed by atoms with van der Waals surface area (Å²) in [5.41, 5.74) is 0. The van der Waals surface area contributed by atoms with Crippen molar-refractivity contribution in [2.24, 2.45) is 0 Å². The molecular weight excluding hydrogens is 303 g/mol. The zero-order valence-electron chi connectivity index (χ0n) is 13.6. The van der Waals surface area contributed by atoms with Crippen molar-refractivity contribution >= 4 is 16.4 Å². The molecule has 0 saturated heterocycles. The number of carbonyl (C=O) groups is 1. The van der Waals surface area contributed by atoms with E-state index in [-0.39, 0.29) is 43.2 Å². The molecule has 21 heavy (non-hydrogen) atoms. The van der Waals surface area contributed by atoms with Gasteiger partial charge in [-0.25, -0.2) is 0 Å². The van der Waals surface area contributed by atoms with Crippen molar-refractivity contribution < 1.29 is 52.6 Å². The van der Waals surface area contributed by atoms with Crippen molar-refractivity contribution in [1.29, 1.82) is 0 Å². The number of para-hydroxylation sites is 1. The van der Waals surface area contributed by atoms with Crippen LogP contribution in [0.25, 0.3) is 0 Å². The monoisotopic (exact) mass is 324 g/mol. The van der Waals surface area contributed by atoms with Gasteiger partial charge in [0.1, 0.15) is 5.75 Å². The maximum Gasteiger partial charge on any atom is 1.00 e. The molecule has 0 aliphatic carbocycles. The smallest absolute Gasteiger partial charge is 1.00 e. The topological polar surface area (TPSA) is 69.7 Å². The molecule has 0 saturated carbocycles. The van der Waals surface area contributed by atoms with Crippen molar-refractivity contribution in [3.05, 3.63) is 30.3 Å². The van der Waals surface area contributed by atoms with Crippen LogP contribution in [0.2, 0.25) is 0 Å². The van der Waals surface area contributed by atoms with Crippen molar-refractivity contribution in [3.8, 4) is 5.75 Å². The normalized spacial score (nSPS) is 10.5. The second kappa shape index (κ2) is 11.1. The first-order chi connectivity index (χ1) is 9.53. The molecule has 1 rings (SSSR count). The summed E-state index contributed by atoms with van der Waals surface area (Å²) in [5.74, 6) is -0.666. The van der Waals surface area contributed by atoms with Gasteiger partial charge in [-0.1, -0.05) is 50.8 Å². The second-order valence-electron chi connectivity index (χ2n) is 4.42. The molecule has 0 atom stereocenters. The van der Waals surface area contributed by atoms with Crippen LogP contribution in [0.3, 0.4) is 0 Å². The average molecular weight is 324 g/mol. The number of hydrogen-bond donors (Lipinski definition) is 0. The molecule has 1 aromatic rings. The Morgan fingerprint density at radius 1 is 1.10 bits per heavy atom. The molecule has 0 amide bonds. The summed E-state index contributed by atoms with van der Waals surface area (Å²) < 4.78 is 32.0. The Morgan fingerprint density at radius 2 is 1.71 bits per heavy atom. The molecule has 0 N–H and O–H groups in total. The Bertz CT molecular complexity index is 507. The maximum atomic E-state index is 11.5. The van der Waals surface area contributed by atoms with E-state index >= 15 is 0 Å². The first-order valence-electron chi connectivity index (χ1n) is 6.75. The van der Waals surface area contributed by atoms with Gasteiger partial charge in [0.15, 0.2) is 0 Å². The zero-order valence-corrected chi connectivity index (χ0v) is 15.4. The molecule has 0 aliphatic rings. The second-order valence-corrected chi connectivity index (χ2v) is 5.57. The van der Waals surface area contributed by atoms with Crippen LogP contribution in [-0.2, 0) is 19.4 Å². The van der Waals surface area contributed by atoms with E-state index in [1.54, 1.807) is 18.2 Å². The van der Waals surface area contributed by atoms with Gasteiger partial charge >= 0.3 is 45.9 Å². The summed E-state index contributed by atoms with van der Waals surface area (Å²) >= 11 is 0. The minimum absolute atomic E-state index is 0. The van der Waals surface area contributed by atoms with Crippen molar-refractivity contribution in [2.75, 3.05) is 0 Å². The SMILES string of the molecule is CCCCCCCC(=O)OS(=O)(=O)Oc1ccccc1.[H-].[Na+]. The minimum Gasteiger partial charge on any atom is -1.00 e. The van der Waals surface area contributed by atoms with Crippen LogP contribution in [0, 0.1) is 0 Å². The summed E-state index contributed by atoms with van der Waals surface area (Å²) in [6.45, 7) is 2.10. The van der Waals surface area contributed by atoms with Crippen molar-refractivity contribution in [3.63, 3.8) is 0 Å². The first kappa shape index (κ1) is 20.4. The van der Waals surface area contributed by atoms with E-state index in [2.05, 4.69) is 15.3 Å². The molecular formula is C14H21NaO5S. The number of hydrogen-bond acceptors (Lipinski definition) is 5. The van der Waals surface area contributed by atoms with Crippen LogP contribution in [0.5, 0.6) is 5.75 Å². The molecule has 5 nitrogen and oxygen atoms in total. The van der Waals surface area contributed by atoms with E-state index in [4.69, 9.17) is 0 Å². The summed E-state index contributed by atoms with van der Waals surface area (Å²) in [6, 6.07) is 7.91. The van der Waals surface area contributed by atoms with Crippen LogP contribution in [0.15, 0.2) is 30.3 Å². The van der Waals surface area contributed by atoms with Gasteiger partial charge in [0, 0.05) is 6.42 Å². The van der Waals surface area contributed by atoms with Gasteiger partial charge in [0.05, 0.1) is 0 Å². The van der Waals surface area contributed by atoms with Crippen LogP contribution in [0.1, 0.15) is 46.9 Å². The minimum atomic E-state index is -4.33. The summed E-state index contributed by atoms with van der Waals surface area (Å²) in [6.07, 6.45) is 4.87. The summed E-state index contributed by atoms with van der Waals surface area (Å²) in [5, 5.41) is 0. The number of benzene rings is 1. The molecule has 0 radical (unpaired) electrons. The van der Waals surface area contributed by atoms with Crippen LogP contribution in [0.4, 0.5) is 0 Å². The van der Waals surface area contributed by atoms with Gasteiger partial charge in [-0.15, -0.1) is 8.42 Å². The predicted molar refractivity (Wildman–Crippen MR) is 76.6 cm³/mol. The number of rotatable bonds is 9. The number of unbranched alkanes of at least 4 members (excludes halogenated alkanes) is 4. The maximum absolute atomic E-state index is 11.5. The fraction of sp³-hybridized carbons (Fsp3) is 0.500. The van der Waals surface area contributed by atoms with E-state index in [1.165, 1.54) is 12.1 Å². The van der Waals surface area contributed by atoms with E-state index in [0.29, 0.717) is 6.42 Å². The van der Waals surface area contributed by atoms with Crippen molar-refractivity contribution in [1.82, 2.24) is 0 Å². The molecule has 0 bridgehead atoms. The van der Waals surface area contributed by atoms with Gasteiger partial charge in [0.2, 0.25) is 0 Å². The molecule has 0 unspecified atom stereocenters. The summed E-state index contributed by atoms with van der Waals surface area (Å²) in [4.78, 5) is 11.4. The average Bonchev–Trinajstić information content (AvgIpc) is 2.38. The van der Waals surface area contributed by atoms with Gasteiger partial charge in [-0.3, -0.25) is 4.79 Å². The van der Waals surface area contributed by atoms with Crippen LogP contribution >= 0.6 is 0 Å². The Labute approximate surface area is 150 Å². The van der Waals surface area contributed by atoms with Crippen molar-refractivity contribution in [2.45, 2.75) is 45.4 Å². The third kappa shape index (κ3) is 9.90. The third-order valence-corrected chi connectivity index (χ3v) is 3.41. The molecule has 0 spiro atoms. The Balaban J connectivity index is 0. The van der Waals surface area contributed by atoms with Crippen LogP contribution in [-0.4, -0.2) is 14.4 Å². The molecule has 0 aromatic heterocycles. The van der Waals surface area contributed by atoms with E-state index in [9.17, 15) is 13.2 Å². The quantitative estimate of drug-likeness (QED) is 0.484. The molecule has 0 aliphatic heterocycles. The predicted octanol–water partition coefficient (Wildman–Crippen LogP) is 0.330. The zero-order chi connectivity index (χ0) is 14.8. The molecule has 1 aromatic carbocycles. The number of carbonyl (C=O) groups excluding carboxylic acids is 1. The Hall–Kier alpha value is -0.560. The van der Waals surface area contributed by atoms with E-state index in [1.807, 2.05) is 0 Å². The molecule has 114 valence electrons. The molecule has 0 fully saturated rings. The van der Waals surface area contributed by atoms with Gasteiger partial charge in [-0.05, 0) is 18.6 Å². The third-order valence-electron chi connectivity index (χ3n) is 2.62. The standard InChI is InChI=1S/C14H20O5S.Na.H/c1-2-3-4-5-9-12-14(15)19-20(16,17)18-13-10-7-6-8-11-13;;/h6-8,10-11H,2-5,9,12H2,1H3;;/q;+1;-1. The molecule has 0 heterocycles. The Morgan fingerprint density at radius 3 is 2.33 bits per heavy atom. The molecule has 7 heteroatoms. The Kier molecular flexibility index (Phi) is 10.8. The van der Waals surface area contributed by atoms with Crippen LogP contribution < -0.4 is 33.7 Å². The van der Waals surface area contributed by atoms with Gasteiger partial charge < -0.3 is 9.79 Å². The van der Waals surface area contributed by atoms with Gasteiger partial charge in [0.25, 0.3) is 0 Å². The van der Waals surface area contributed by atoms with Gasteiger partial charge in [-0.2, -0.15) is 0 Å². The van der Waals surface area contributed by atoms with E-state index in [0.717, 1.165) is 25.7 Å². The fourth-order valence-electron chi connectivity index (χ4n) is 1.64.